The van der Waals surface area contributed by atoms with Crippen molar-refractivity contribution in [2.45, 2.75) is 12.5 Å². The molecule has 3 nitrogen and oxygen atoms in total. The Kier molecular flexibility index (Phi) is 4.31. The number of aliphatic hydroxyl groups excluding tert-OH is 1. The maximum Gasteiger partial charge on any atom is 0.109 e. The first-order valence-corrected chi connectivity index (χ1v) is 6.02. The van der Waals surface area contributed by atoms with Gasteiger partial charge >= 0.3 is 0 Å². The lowest BCUT2D eigenvalue weighted by molar-refractivity contribution is 0.0319. The summed E-state index contributed by atoms with van der Waals surface area (Å²) in [4.78, 5) is 2.12. The highest BCUT2D eigenvalue weighted by atomic mass is 16.3. The van der Waals surface area contributed by atoms with Crippen molar-refractivity contribution in [2.75, 3.05) is 26.2 Å². The Bertz CT molecular complexity index is 375. The van der Waals surface area contributed by atoms with E-state index in [1.807, 2.05) is 18.2 Å². The van der Waals surface area contributed by atoms with E-state index in [0.29, 0.717) is 6.54 Å². The first-order chi connectivity index (χ1) is 8.29. The minimum atomic E-state index is -0.735. The number of hydrogen-bond donors (Lipinski definition) is 1. The molecule has 3 heteroatoms. The van der Waals surface area contributed by atoms with E-state index in [4.69, 9.17) is 0 Å². The third-order valence-corrected chi connectivity index (χ3v) is 3.10. The van der Waals surface area contributed by atoms with Crippen molar-refractivity contribution in [3.05, 3.63) is 42.0 Å². The molecule has 17 heavy (non-hydrogen) atoms. The van der Waals surface area contributed by atoms with Crippen LogP contribution in [-0.4, -0.2) is 42.4 Å². The third kappa shape index (κ3) is 3.40. The first-order valence-electron chi connectivity index (χ1n) is 6.02. The molecule has 0 aromatic heterocycles. The summed E-state index contributed by atoms with van der Waals surface area (Å²) in [6.07, 6.45) is 2.44. The second-order valence-electron chi connectivity index (χ2n) is 4.43. The molecule has 0 amide bonds. The Morgan fingerprint density at radius 1 is 1.29 bits per heavy atom. The van der Waals surface area contributed by atoms with Crippen molar-refractivity contribution in [3.8, 4) is 0 Å². The Morgan fingerprint density at radius 3 is 2.65 bits per heavy atom. The lowest BCUT2D eigenvalue weighted by atomic mass is 9.99. The van der Waals surface area contributed by atoms with Crippen LogP contribution < -0.4 is 0 Å². The molecule has 1 radical (unpaired) electrons. The lowest BCUT2D eigenvalue weighted by Gasteiger charge is -2.27. The zero-order chi connectivity index (χ0) is 12.1. The van der Waals surface area contributed by atoms with Crippen molar-refractivity contribution in [3.63, 3.8) is 0 Å². The Balaban J connectivity index is 1.94. The van der Waals surface area contributed by atoms with Crippen LogP contribution in [0.4, 0.5) is 0 Å². The van der Waals surface area contributed by atoms with E-state index >= 15 is 0 Å². The van der Waals surface area contributed by atoms with E-state index in [2.05, 4.69) is 23.1 Å². The molecular weight excluding hydrogens is 214 g/mol. The van der Waals surface area contributed by atoms with E-state index in [9.17, 15) is 10.2 Å². The van der Waals surface area contributed by atoms with E-state index in [1.165, 1.54) is 11.1 Å². The maximum atomic E-state index is 10.5. The van der Waals surface area contributed by atoms with E-state index < -0.39 is 12.7 Å². The van der Waals surface area contributed by atoms with Gasteiger partial charge in [-0.2, -0.15) is 0 Å². The smallest absolute Gasteiger partial charge is 0.109 e. The molecule has 1 aromatic carbocycles. The van der Waals surface area contributed by atoms with Crippen molar-refractivity contribution in [1.29, 1.82) is 0 Å². The van der Waals surface area contributed by atoms with Crippen LogP contribution in [0.3, 0.4) is 0 Å². The molecular formula is C14H18NO2. The summed E-state index contributed by atoms with van der Waals surface area (Å²) in [5, 5.41) is 19.8. The normalized spacial score (nSPS) is 18.8. The fourth-order valence-electron chi connectivity index (χ4n) is 2.14. The number of aliphatic hydroxyl groups is 1. The molecule has 0 fully saturated rings. The van der Waals surface area contributed by atoms with Crippen molar-refractivity contribution in [1.82, 2.24) is 4.90 Å². The highest BCUT2D eigenvalue weighted by molar-refractivity contribution is 5.66. The average molecular weight is 232 g/mol. The van der Waals surface area contributed by atoms with Crippen LogP contribution in [0.25, 0.3) is 5.57 Å². The molecule has 1 atom stereocenters. The standard InChI is InChI=1S/C14H18NO2/c16-11-14(17)10-15-8-6-13(7-9-15)12-4-2-1-3-5-12/h1-6,14,17H,7-11H2. The molecule has 0 spiro atoms. The van der Waals surface area contributed by atoms with Gasteiger partial charge in [0.1, 0.15) is 6.61 Å². The van der Waals surface area contributed by atoms with Crippen LogP contribution in [0.2, 0.25) is 0 Å². The summed E-state index contributed by atoms with van der Waals surface area (Å²) < 4.78 is 0. The number of rotatable bonds is 4. The SMILES string of the molecule is [O]CC(O)CN1CC=C(c2ccccc2)CC1. The fraction of sp³-hybridized carbons (Fsp3) is 0.429. The molecule has 0 saturated carbocycles. The van der Waals surface area contributed by atoms with Gasteiger partial charge in [-0.05, 0) is 17.6 Å². The van der Waals surface area contributed by atoms with Crippen LogP contribution in [0.1, 0.15) is 12.0 Å². The predicted octanol–water partition coefficient (Wildman–Crippen LogP) is 1.57. The van der Waals surface area contributed by atoms with Crippen LogP contribution in [0.15, 0.2) is 36.4 Å². The number of β-amino-alcohol motifs (C(OH)–C–C–N with tert-alkyl or cyclic N) is 1. The highest BCUT2D eigenvalue weighted by Crippen LogP contribution is 2.21. The van der Waals surface area contributed by atoms with Gasteiger partial charge in [0.25, 0.3) is 0 Å². The van der Waals surface area contributed by atoms with Gasteiger partial charge in [0.2, 0.25) is 0 Å². The van der Waals surface area contributed by atoms with Crippen molar-refractivity contribution in [2.24, 2.45) is 0 Å². The minimum Gasteiger partial charge on any atom is -0.389 e. The molecule has 1 heterocycles. The van der Waals surface area contributed by atoms with E-state index in [0.717, 1.165) is 19.5 Å². The summed E-state index contributed by atoms with van der Waals surface area (Å²) in [6.45, 7) is 1.81. The molecule has 1 N–H and O–H groups in total. The van der Waals surface area contributed by atoms with Gasteiger partial charge < -0.3 is 5.11 Å². The number of benzene rings is 1. The summed E-state index contributed by atoms with van der Waals surface area (Å²) >= 11 is 0. The topological polar surface area (TPSA) is 43.4 Å². The van der Waals surface area contributed by atoms with Crippen LogP contribution in [0, 0.1) is 0 Å². The zero-order valence-corrected chi connectivity index (χ0v) is 9.88. The van der Waals surface area contributed by atoms with E-state index in [-0.39, 0.29) is 0 Å². The third-order valence-electron chi connectivity index (χ3n) is 3.10. The van der Waals surface area contributed by atoms with Crippen LogP contribution >= 0.6 is 0 Å². The first kappa shape index (κ1) is 12.3. The minimum absolute atomic E-state index is 0.411. The van der Waals surface area contributed by atoms with Gasteiger partial charge in [-0.3, -0.25) is 4.90 Å². The predicted molar refractivity (Wildman–Crippen MR) is 67.0 cm³/mol. The second kappa shape index (κ2) is 5.96. The summed E-state index contributed by atoms with van der Waals surface area (Å²) in [7, 11) is 0. The van der Waals surface area contributed by atoms with Gasteiger partial charge in [-0.1, -0.05) is 36.4 Å². The molecule has 1 aliphatic heterocycles. The molecule has 1 unspecified atom stereocenters. The van der Waals surface area contributed by atoms with Gasteiger partial charge in [0, 0.05) is 19.6 Å². The lowest BCUT2D eigenvalue weighted by Crippen LogP contribution is -2.36. The number of hydrogen-bond acceptors (Lipinski definition) is 2. The van der Waals surface area contributed by atoms with Gasteiger partial charge in [-0.15, -0.1) is 0 Å². The molecule has 0 aliphatic carbocycles. The van der Waals surface area contributed by atoms with Crippen molar-refractivity contribution >= 4 is 5.57 Å². The maximum absolute atomic E-state index is 10.5. The molecule has 0 bridgehead atoms. The summed E-state index contributed by atoms with van der Waals surface area (Å²) in [6, 6.07) is 10.3. The van der Waals surface area contributed by atoms with E-state index in [1.54, 1.807) is 0 Å². The molecule has 2 rings (SSSR count). The quantitative estimate of drug-likeness (QED) is 0.856. The largest absolute Gasteiger partial charge is 0.389 e. The Hall–Kier alpha value is -1.16. The number of nitrogens with zero attached hydrogens (tertiary/aromatic N) is 1. The van der Waals surface area contributed by atoms with Gasteiger partial charge in [0.15, 0.2) is 0 Å². The fourth-order valence-corrected chi connectivity index (χ4v) is 2.14. The molecule has 1 aromatic rings. The molecule has 1 aliphatic rings. The average Bonchev–Trinajstić information content (AvgIpc) is 2.40. The highest BCUT2D eigenvalue weighted by Gasteiger charge is 2.15. The molecule has 0 saturated heterocycles. The molecule has 91 valence electrons. The van der Waals surface area contributed by atoms with Gasteiger partial charge in [0.05, 0.1) is 6.10 Å². The van der Waals surface area contributed by atoms with Crippen LogP contribution in [0.5, 0.6) is 0 Å². The van der Waals surface area contributed by atoms with Crippen molar-refractivity contribution < 1.29 is 10.2 Å². The zero-order valence-electron chi connectivity index (χ0n) is 9.88. The monoisotopic (exact) mass is 232 g/mol. The Labute approximate surface area is 102 Å². The Morgan fingerprint density at radius 2 is 2.06 bits per heavy atom. The summed E-state index contributed by atoms with van der Waals surface area (Å²) in [5.41, 5.74) is 2.63. The second-order valence-corrected chi connectivity index (χ2v) is 4.43. The summed E-state index contributed by atoms with van der Waals surface area (Å²) in [5.74, 6) is 0. The van der Waals surface area contributed by atoms with Gasteiger partial charge in [-0.25, -0.2) is 5.11 Å². The van der Waals surface area contributed by atoms with Crippen LogP contribution in [-0.2, 0) is 5.11 Å².